The number of epoxide rings is 1. The van der Waals surface area contributed by atoms with Gasteiger partial charge in [0.2, 0.25) is 0 Å². The summed E-state index contributed by atoms with van der Waals surface area (Å²) in [6, 6.07) is 4.76. The molecule has 1 heterocycles. The SMILES string of the molecule is CCCOc1ccc(F)cc1CC(C)C1OC1C. The summed E-state index contributed by atoms with van der Waals surface area (Å²) in [5, 5.41) is 0. The molecule has 0 bridgehead atoms. The highest BCUT2D eigenvalue weighted by atomic mass is 19.1. The third kappa shape index (κ3) is 3.22. The number of hydrogen-bond donors (Lipinski definition) is 0. The van der Waals surface area contributed by atoms with Crippen LogP contribution in [0.5, 0.6) is 5.75 Å². The van der Waals surface area contributed by atoms with Gasteiger partial charge in [-0.15, -0.1) is 0 Å². The molecule has 1 fully saturated rings. The van der Waals surface area contributed by atoms with E-state index < -0.39 is 0 Å². The summed E-state index contributed by atoms with van der Waals surface area (Å²) in [7, 11) is 0. The number of ether oxygens (including phenoxy) is 2. The molecular weight excluding hydrogens is 231 g/mol. The van der Waals surface area contributed by atoms with Crippen LogP contribution in [-0.2, 0) is 11.2 Å². The zero-order valence-electron chi connectivity index (χ0n) is 11.3. The molecule has 0 aromatic heterocycles. The molecule has 0 amide bonds. The topological polar surface area (TPSA) is 21.8 Å². The second-order valence-electron chi connectivity index (χ2n) is 5.09. The van der Waals surface area contributed by atoms with E-state index in [2.05, 4.69) is 20.8 Å². The van der Waals surface area contributed by atoms with Crippen molar-refractivity contribution in [3.8, 4) is 5.75 Å². The number of benzene rings is 1. The van der Waals surface area contributed by atoms with Crippen LogP contribution in [0.4, 0.5) is 4.39 Å². The van der Waals surface area contributed by atoms with Crippen molar-refractivity contribution in [1.29, 1.82) is 0 Å². The molecular formula is C15H21FO2. The lowest BCUT2D eigenvalue weighted by atomic mass is 9.96. The molecule has 1 aromatic rings. The summed E-state index contributed by atoms with van der Waals surface area (Å²) in [4.78, 5) is 0. The van der Waals surface area contributed by atoms with Gasteiger partial charge in [0.25, 0.3) is 0 Å². The van der Waals surface area contributed by atoms with Gasteiger partial charge in [0, 0.05) is 0 Å². The fourth-order valence-electron chi connectivity index (χ4n) is 2.32. The van der Waals surface area contributed by atoms with Gasteiger partial charge in [-0.05, 0) is 49.4 Å². The standard InChI is InChI=1S/C15H21FO2/c1-4-7-17-14-6-5-13(16)9-12(14)8-10(2)15-11(3)18-15/h5-6,9-11,15H,4,7-8H2,1-3H3. The third-order valence-corrected chi connectivity index (χ3v) is 3.34. The van der Waals surface area contributed by atoms with Gasteiger partial charge in [0.15, 0.2) is 0 Å². The zero-order valence-corrected chi connectivity index (χ0v) is 11.3. The Kier molecular flexibility index (Phi) is 4.23. The zero-order chi connectivity index (χ0) is 13.1. The molecule has 100 valence electrons. The van der Waals surface area contributed by atoms with Crippen LogP contribution in [0.15, 0.2) is 18.2 Å². The average Bonchev–Trinajstić information content (AvgIpc) is 3.05. The van der Waals surface area contributed by atoms with Crippen molar-refractivity contribution in [2.45, 2.75) is 45.8 Å². The van der Waals surface area contributed by atoms with Crippen molar-refractivity contribution < 1.29 is 13.9 Å². The monoisotopic (exact) mass is 252 g/mol. The average molecular weight is 252 g/mol. The molecule has 0 saturated carbocycles. The van der Waals surface area contributed by atoms with E-state index in [4.69, 9.17) is 9.47 Å². The minimum Gasteiger partial charge on any atom is -0.493 e. The molecule has 3 atom stereocenters. The van der Waals surface area contributed by atoms with Crippen LogP contribution in [0.25, 0.3) is 0 Å². The van der Waals surface area contributed by atoms with Crippen molar-refractivity contribution >= 4 is 0 Å². The Morgan fingerprint density at radius 2 is 2.17 bits per heavy atom. The number of hydrogen-bond acceptors (Lipinski definition) is 2. The quantitative estimate of drug-likeness (QED) is 0.722. The molecule has 0 aliphatic carbocycles. The van der Waals surface area contributed by atoms with E-state index in [1.54, 1.807) is 12.1 Å². The predicted molar refractivity (Wildman–Crippen MR) is 69.4 cm³/mol. The van der Waals surface area contributed by atoms with Crippen molar-refractivity contribution in [3.63, 3.8) is 0 Å². The predicted octanol–water partition coefficient (Wildman–Crippen LogP) is 3.58. The van der Waals surface area contributed by atoms with Gasteiger partial charge >= 0.3 is 0 Å². The maximum atomic E-state index is 13.3. The van der Waals surface area contributed by atoms with E-state index in [-0.39, 0.29) is 5.82 Å². The molecule has 3 heteroatoms. The summed E-state index contributed by atoms with van der Waals surface area (Å²) in [5.74, 6) is 0.995. The van der Waals surface area contributed by atoms with Crippen molar-refractivity contribution in [2.24, 2.45) is 5.92 Å². The largest absolute Gasteiger partial charge is 0.493 e. The van der Waals surface area contributed by atoms with Crippen LogP contribution in [0, 0.1) is 11.7 Å². The van der Waals surface area contributed by atoms with Crippen LogP contribution in [0.3, 0.4) is 0 Å². The van der Waals surface area contributed by atoms with Crippen LogP contribution < -0.4 is 4.74 Å². The highest BCUT2D eigenvalue weighted by molar-refractivity contribution is 5.34. The van der Waals surface area contributed by atoms with Crippen LogP contribution in [-0.4, -0.2) is 18.8 Å². The minimum atomic E-state index is -0.203. The Bertz CT molecular complexity index is 405. The van der Waals surface area contributed by atoms with E-state index in [9.17, 15) is 4.39 Å². The molecule has 18 heavy (non-hydrogen) atoms. The second-order valence-corrected chi connectivity index (χ2v) is 5.09. The van der Waals surface area contributed by atoms with E-state index >= 15 is 0 Å². The fourth-order valence-corrected chi connectivity index (χ4v) is 2.32. The number of halogens is 1. The summed E-state index contributed by atoms with van der Waals surface area (Å²) < 4.78 is 24.5. The molecule has 0 radical (unpaired) electrons. The molecule has 1 aromatic carbocycles. The second kappa shape index (κ2) is 5.70. The summed E-state index contributed by atoms with van der Waals surface area (Å²) >= 11 is 0. The van der Waals surface area contributed by atoms with Gasteiger partial charge < -0.3 is 9.47 Å². The molecule has 2 rings (SSSR count). The van der Waals surface area contributed by atoms with Crippen LogP contribution in [0.1, 0.15) is 32.8 Å². The molecule has 0 spiro atoms. The van der Waals surface area contributed by atoms with E-state index in [1.807, 2.05) is 0 Å². The molecule has 0 N–H and O–H groups in total. The fraction of sp³-hybridized carbons (Fsp3) is 0.600. The normalized spacial score (nSPS) is 23.8. The first-order chi connectivity index (χ1) is 8.61. The van der Waals surface area contributed by atoms with E-state index in [0.29, 0.717) is 24.7 Å². The molecule has 1 aliphatic rings. The van der Waals surface area contributed by atoms with Crippen LogP contribution in [0.2, 0.25) is 0 Å². The van der Waals surface area contributed by atoms with Crippen molar-refractivity contribution in [2.75, 3.05) is 6.61 Å². The highest BCUT2D eigenvalue weighted by Gasteiger charge is 2.39. The first kappa shape index (κ1) is 13.3. The van der Waals surface area contributed by atoms with Gasteiger partial charge in [-0.25, -0.2) is 4.39 Å². The van der Waals surface area contributed by atoms with Gasteiger partial charge in [-0.1, -0.05) is 13.8 Å². The van der Waals surface area contributed by atoms with Gasteiger partial charge in [0.05, 0.1) is 18.8 Å². The molecule has 1 aliphatic heterocycles. The lowest BCUT2D eigenvalue weighted by Crippen LogP contribution is -2.10. The van der Waals surface area contributed by atoms with Gasteiger partial charge in [0.1, 0.15) is 11.6 Å². The highest BCUT2D eigenvalue weighted by Crippen LogP contribution is 2.33. The van der Waals surface area contributed by atoms with E-state index in [1.165, 1.54) is 6.07 Å². The number of rotatable bonds is 6. The van der Waals surface area contributed by atoms with Crippen molar-refractivity contribution in [1.82, 2.24) is 0 Å². The maximum absolute atomic E-state index is 13.3. The summed E-state index contributed by atoms with van der Waals surface area (Å²) in [6.07, 6.45) is 2.40. The lowest BCUT2D eigenvalue weighted by Gasteiger charge is -2.14. The summed E-state index contributed by atoms with van der Waals surface area (Å²) in [5.41, 5.74) is 0.943. The Morgan fingerprint density at radius 3 is 2.78 bits per heavy atom. The smallest absolute Gasteiger partial charge is 0.123 e. The van der Waals surface area contributed by atoms with Crippen molar-refractivity contribution in [3.05, 3.63) is 29.6 Å². The van der Waals surface area contributed by atoms with E-state index in [0.717, 1.165) is 24.2 Å². The molecule has 1 saturated heterocycles. The first-order valence-corrected chi connectivity index (χ1v) is 6.68. The Hall–Kier alpha value is -1.09. The third-order valence-electron chi connectivity index (χ3n) is 3.34. The van der Waals surface area contributed by atoms with Gasteiger partial charge in [-0.3, -0.25) is 0 Å². The molecule has 2 nitrogen and oxygen atoms in total. The Labute approximate surface area is 108 Å². The minimum absolute atomic E-state index is 0.203. The Morgan fingerprint density at radius 1 is 1.44 bits per heavy atom. The maximum Gasteiger partial charge on any atom is 0.123 e. The summed E-state index contributed by atoms with van der Waals surface area (Å²) in [6.45, 7) is 6.94. The first-order valence-electron chi connectivity index (χ1n) is 6.68. The van der Waals surface area contributed by atoms with Gasteiger partial charge in [-0.2, -0.15) is 0 Å². The Balaban J connectivity index is 2.06. The van der Waals surface area contributed by atoms with Crippen LogP contribution >= 0.6 is 0 Å². The molecule has 3 unspecified atom stereocenters. The lowest BCUT2D eigenvalue weighted by molar-refractivity contribution is 0.304.